The average Bonchev–Trinajstić information content (AvgIpc) is 2.38. The molecule has 0 radical (unpaired) electrons. The van der Waals surface area contributed by atoms with Crippen molar-refractivity contribution in [1.29, 1.82) is 0 Å². The van der Waals surface area contributed by atoms with E-state index in [9.17, 15) is 9.50 Å². The van der Waals surface area contributed by atoms with Crippen LogP contribution in [0.3, 0.4) is 0 Å². The molecule has 100 valence electrons. The van der Waals surface area contributed by atoms with E-state index in [1.807, 2.05) is 30.3 Å². The van der Waals surface area contributed by atoms with Crippen LogP contribution < -0.4 is 5.32 Å². The molecular formula is C14H12BrClFNO. The Kier molecular flexibility index (Phi) is 4.80. The van der Waals surface area contributed by atoms with E-state index in [0.717, 1.165) is 5.56 Å². The predicted octanol–water partition coefficient (Wildman–Crippen LogP) is 4.39. The van der Waals surface area contributed by atoms with Crippen molar-refractivity contribution in [3.8, 4) is 0 Å². The van der Waals surface area contributed by atoms with Gasteiger partial charge in [-0.15, -0.1) is 0 Å². The highest BCUT2D eigenvalue weighted by atomic mass is 79.9. The van der Waals surface area contributed by atoms with Gasteiger partial charge in [-0.05, 0) is 33.6 Å². The van der Waals surface area contributed by atoms with Gasteiger partial charge in [0.15, 0.2) is 0 Å². The zero-order valence-corrected chi connectivity index (χ0v) is 12.2. The van der Waals surface area contributed by atoms with Crippen molar-refractivity contribution in [2.75, 3.05) is 11.9 Å². The van der Waals surface area contributed by atoms with Crippen LogP contribution in [0.4, 0.5) is 10.1 Å². The van der Waals surface area contributed by atoms with Crippen molar-refractivity contribution in [1.82, 2.24) is 0 Å². The highest BCUT2D eigenvalue weighted by molar-refractivity contribution is 9.10. The third-order valence-corrected chi connectivity index (χ3v) is 3.59. The summed E-state index contributed by atoms with van der Waals surface area (Å²) in [5, 5.41) is 13.3. The molecule has 1 unspecified atom stereocenters. The van der Waals surface area contributed by atoms with Gasteiger partial charge in [0, 0.05) is 11.0 Å². The number of halogens is 3. The van der Waals surface area contributed by atoms with Crippen molar-refractivity contribution in [3.63, 3.8) is 0 Å². The number of aliphatic hydroxyl groups is 1. The normalized spacial score (nSPS) is 12.2. The molecule has 0 heterocycles. The summed E-state index contributed by atoms with van der Waals surface area (Å²) in [4.78, 5) is 0. The first kappa shape index (κ1) is 14.3. The van der Waals surface area contributed by atoms with Crippen molar-refractivity contribution >= 4 is 33.2 Å². The van der Waals surface area contributed by atoms with Crippen molar-refractivity contribution in [2.45, 2.75) is 6.10 Å². The molecule has 0 fully saturated rings. The van der Waals surface area contributed by atoms with Crippen LogP contribution >= 0.6 is 27.5 Å². The molecule has 5 heteroatoms. The van der Waals surface area contributed by atoms with E-state index in [1.54, 1.807) is 0 Å². The number of hydrogen-bond acceptors (Lipinski definition) is 2. The molecule has 0 spiro atoms. The van der Waals surface area contributed by atoms with Gasteiger partial charge in [0.05, 0.1) is 16.8 Å². The Bertz CT molecular complexity index is 542. The summed E-state index contributed by atoms with van der Waals surface area (Å²) in [6.45, 7) is 0.286. The van der Waals surface area contributed by atoms with Crippen molar-refractivity contribution in [2.24, 2.45) is 0 Å². The first-order chi connectivity index (χ1) is 9.08. The SMILES string of the molecule is OC(CNc1c(Cl)cc(F)cc1Br)c1ccccc1. The monoisotopic (exact) mass is 343 g/mol. The third kappa shape index (κ3) is 3.69. The molecule has 0 aliphatic heterocycles. The van der Waals surface area contributed by atoms with E-state index in [4.69, 9.17) is 11.6 Å². The Morgan fingerprint density at radius 1 is 1.26 bits per heavy atom. The van der Waals surface area contributed by atoms with Gasteiger partial charge in [-0.3, -0.25) is 0 Å². The van der Waals surface area contributed by atoms with E-state index in [-0.39, 0.29) is 11.6 Å². The fourth-order valence-electron chi connectivity index (χ4n) is 1.70. The van der Waals surface area contributed by atoms with Crippen LogP contribution in [0.2, 0.25) is 5.02 Å². The van der Waals surface area contributed by atoms with Gasteiger partial charge >= 0.3 is 0 Å². The Hall–Kier alpha value is -1.10. The fraction of sp³-hybridized carbons (Fsp3) is 0.143. The zero-order valence-electron chi connectivity index (χ0n) is 9.91. The minimum atomic E-state index is -0.658. The summed E-state index contributed by atoms with van der Waals surface area (Å²) in [5.74, 6) is -0.411. The molecule has 19 heavy (non-hydrogen) atoms. The van der Waals surface area contributed by atoms with Gasteiger partial charge in [-0.25, -0.2) is 4.39 Å². The maximum atomic E-state index is 13.1. The molecule has 2 aromatic carbocycles. The summed E-state index contributed by atoms with van der Waals surface area (Å²) in [6.07, 6.45) is -0.658. The molecule has 2 rings (SSSR count). The van der Waals surface area contributed by atoms with E-state index >= 15 is 0 Å². The minimum absolute atomic E-state index is 0.270. The van der Waals surface area contributed by atoms with Gasteiger partial charge in [0.1, 0.15) is 5.82 Å². The number of benzene rings is 2. The van der Waals surface area contributed by atoms with Crippen LogP contribution in [-0.4, -0.2) is 11.7 Å². The Balaban J connectivity index is 2.07. The standard InChI is InChI=1S/C14H12BrClFNO/c15-11-6-10(17)7-12(16)14(11)18-8-13(19)9-4-2-1-3-5-9/h1-7,13,18-19H,8H2. The second kappa shape index (κ2) is 6.37. The predicted molar refractivity (Wildman–Crippen MR) is 79.0 cm³/mol. The van der Waals surface area contributed by atoms with Crippen LogP contribution in [0.25, 0.3) is 0 Å². The Morgan fingerprint density at radius 3 is 2.58 bits per heavy atom. The van der Waals surface area contributed by atoms with Crippen LogP contribution in [0, 0.1) is 5.82 Å². The highest BCUT2D eigenvalue weighted by Gasteiger charge is 2.11. The highest BCUT2D eigenvalue weighted by Crippen LogP contribution is 2.32. The van der Waals surface area contributed by atoms with E-state index in [2.05, 4.69) is 21.2 Å². The van der Waals surface area contributed by atoms with Crippen LogP contribution in [0.15, 0.2) is 46.9 Å². The molecule has 0 amide bonds. The lowest BCUT2D eigenvalue weighted by atomic mass is 10.1. The lowest BCUT2D eigenvalue weighted by Gasteiger charge is -2.15. The fourth-order valence-corrected chi connectivity index (χ4v) is 2.66. The molecular weight excluding hydrogens is 333 g/mol. The lowest BCUT2D eigenvalue weighted by Crippen LogP contribution is -2.12. The lowest BCUT2D eigenvalue weighted by molar-refractivity contribution is 0.191. The Labute approximate surface area is 124 Å². The van der Waals surface area contributed by atoms with E-state index < -0.39 is 11.9 Å². The van der Waals surface area contributed by atoms with Crippen LogP contribution in [0.1, 0.15) is 11.7 Å². The minimum Gasteiger partial charge on any atom is -0.387 e. The summed E-state index contributed by atoms with van der Waals surface area (Å²) in [7, 11) is 0. The van der Waals surface area contributed by atoms with Crippen molar-refractivity contribution < 1.29 is 9.50 Å². The summed E-state index contributed by atoms with van der Waals surface area (Å²) < 4.78 is 13.6. The maximum Gasteiger partial charge on any atom is 0.125 e. The largest absolute Gasteiger partial charge is 0.387 e. The van der Waals surface area contributed by atoms with Crippen molar-refractivity contribution in [3.05, 3.63) is 63.3 Å². The molecule has 2 N–H and O–H groups in total. The molecule has 2 nitrogen and oxygen atoms in total. The van der Waals surface area contributed by atoms with E-state index in [0.29, 0.717) is 10.2 Å². The number of anilines is 1. The van der Waals surface area contributed by atoms with Crippen LogP contribution in [0.5, 0.6) is 0 Å². The second-order valence-electron chi connectivity index (χ2n) is 4.05. The third-order valence-electron chi connectivity index (χ3n) is 2.66. The topological polar surface area (TPSA) is 32.3 Å². The zero-order chi connectivity index (χ0) is 13.8. The smallest absolute Gasteiger partial charge is 0.125 e. The number of rotatable bonds is 4. The molecule has 0 aromatic heterocycles. The van der Waals surface area contributed by atoms with Gasteiger partial charge in [0.2, 0.25) is 0 Å². The molecule has 0 bridgehead atoms. The number of nitrogens with one attached hydrogen (secondary N) is 1. The van der Waals surface area contributed by atoms with Gasteiger partial charge in [-0.1, -0.05) is 41.9 Å². The maximum absolute atomic E-state index is 13.1. The van der Waals surface area contributed by atoms with Gasteiger partial charge in [0.25, 0.3) is 0 Å². The summed E-state index contributed by atoms with van der Waals surface area (Å²) in [5.41, 5.74) is 1.38. The number of hydrogen-bond donors (Lipinski definition) is 2. The molecule has 0 saturated carbocycles. The molecule has 0 saturated heterocycles. The average molecular weight is 345 g/mol. The van der Waals surface area contributed by atoms with Gasteiger partial charge < -0.3 is 10.4 Å². The quantitative estimate of drug-likeness (QED) is 0.862. The second-order valence-corrected chi connectivity index (χ2v) is 5.31. The Morgan fingerprint density at radius 2 is 1.95 bits per heavy atom. The first-order valence-electron chi connectivity index (χ1n) is 5.69. The van der Waals surface area contributed by atoms with E-state index in [1.165, 1.54) is 12.1 Å². The number of aliphatic hydroxyl groups excluding tert-OH is 1. The summed E-state index contributed by atoms with van der Waals surface area (Å²) >= 11 is 9.19. The molecule has 0 aliphatic carbocycles. The van der Waals surface area contributed by atoms with Gasteiger partial charge in [-0.2, -0.15) is 0 Å². The summed E-state index contributed by atoms with van der Waals surface area (Å²) in [6, 6.07) is 11.8. The molecule has 0 aliphatic rings. The molecule has 1 atom stereocenters. The molecule has 2 aromatic rings. The first-order valence-corrected chi connectivity index (χ1v) is 6.86. The van der Waals surface area contributed by atoms with Crippen LogP contribution in [-0.2, 0) is 0 Å².